The van der Waals surface area contributed by atoms with E-state index in [1.165, 1.54) is 55.0 Å². The van der Waals surface area contributed by atoms with Crippen LogP contribution < -0.4 is 20.1 Å². The minimum Gasteiger partial charge on any atom is -0.478 e. The molecule has 0 radical (unpaired) electrons. The number of hydrogen-bond acceptors (Lipinski definition) is 11. The van der Waals surface area contributed by atoms with Crippen LogP contribution in [0.2, 0.25) is 0 Å². The van der Waals surface area contributed by atoms with Gasteiger partial charge in [0, 0.05) is 47.8 Å². The van der Waals surface area contributed by atoms with Crippen molar-refractivity contribution in [2.45, 2.75) is 19.6 Å². The van der Waals surface area contributed by atoms with Gasteiger partial charge < -0.3 is 39.1 Å². The number of carbonyl (C=O) groups is 2. The van der Waals surface area contributed by atoms with Gasteiger partial charge in [0.15, 0.2) is 11.5 Å². The molecule has 0 aliphatic heterocycles. The van der Waals surface area contributed by atoms with Crippen molar-refractivity contribution in [3.63, 3.8) is 0 Å². The second-order valence-corrected chi connectivity index (χ2v) is 13.5. The van der Waals surface area contributed by atoms with Gasteiger partial charge >= 0.3 is 24.7 Å². The van der Waals surface area contributed by atoms with E-state index in [0.29, 0.717) is 37.3 Å². The third kappa shape index (κ3) is 11.7. The van der Waals surface area contributed by atoms with Gasteiger partial charge in [-0.15, -0.1) is 26.3 Å². The first kappa shape index (κ1) is 43.0. The number of anilines is 4. The minimum absolute atomic E-state index is 0.00181. The van der Waals surface area contributed by atoms with Gasteiger partial charge in [0.25, 0.3) is 0 Å². The molecule has 2 aromatic carbocycles. The Balaban J connectivity index is 0.000000221. The van der Waals surface area contributed by atoms with Crippen LogP contribution in [-0.2, 0) is 18.8 Å². The Morgan fingerprint density at radius 3 is 1.53 bits per heavy atom. The van der Waals surface area contributed by atoms with Crippen molar-refractivity contribution < 1.29 is 55.2 Å². The van der Waals surface area contributed by atoms with E-state index >= 15 is 0 Å². The lowest BCUT2D eigenvalue weighted by molar-refractivity contribution is -0.275. The summed E-state index contributed by atoms with van der Waals surface area (Å²) >= 11 is 6.40. The summed E-state index contributed by atoms with van der Waals surface area (Å²) in [4.78, 5) is 39.7. The van der Waals surface area contributed by atoms with Crippen molar-refractivity contribution in [1.29, 1.82) is 0 Å². The van der Waals surface area contributed by atoms with Crippen LogP contribution in [0, 0.1) is 0 Å². The molecule has 0 saturated carbocycles. The molecule has 0 unspecified atom stereocenters. The summed E-state index contributed by atoms with van der Waals surface area (Å²) in [5.41, 5.74) is 2.42. The molecule has 304 valence electrons. The Labute approximate surface area is 341 Å². The summed E-state index contributed by atoms with van der Waals surface area (Å²) in [6.45, 7) is 1.96. The molecule has 0 aliphatic carbocycles. The van der Waals surface area contributed by atoms with Crippen LogP contribution in [0.3, 0.4) is 0 Å². The lowest BCUT2D eigenvalue weighted by atomic mass is 10.2. The Morgan fingerprint density at radius 2 is 1.14 bits per heavy atom. The van der Waals surface area contributed by atoms with Crippen molar-refractivity contribution in [1.82, 2.24) is 29.1 Å². The molecule has 0 aliphatic rings. The SMILES string of the molecule is CCOC(=O)c1cc(-c2ccnc(Nc3cc(Br)ccc3OC(F)(F)F)n2)n(C)c1.Cn1cc(C(=O)O)cc1-c1ccnc(Nc2cc(Br)ccc2OC(F)(F)F)n1. The molecule has 6 aromatic rings. The molecular weight excluding hydrogens is 914 g/mol. The molecular formula is C36H28Br2F6N8O6. The third-order valence-electron chi connectivity index (χ3n) is 7.43. The highest BCUT2D eigenvalue weighted by molar-refractivity contribution is 9.10. The molecule has 0 amide bonds. The smallest absolute Gasteiger partial charge is 0.478 e. The Bertz CT molecular complexity index is 2440. The zero-order valence-electron chi connectivity index (χ0n) is 30.0. The zero-order chi connectivity index (χ0) is 42.4. The largest absolute Gasteiger partial charge is 0.573 e. The van der Waals surface area contributed by atoms with Crippen LogP contribution in [0.25, 0.3) is 22.8 Å². The number of ether oxygens (including phenoxy) is 3. The lowest BCUT2D eigenvalue weighted by Crippen LogP contribution is -2.18. The Morgan fingerprint density at radius 1 is 0.707 bits per heavy atom. The van der Waals surface area contributed by atoms with E-state index < -0.39 is 36.2 Å². The quantitative estimate of drug-likeness (QED) is 0.0833. The van der Waals surface area contributed by atoms with Crippen LogP contribution in [0.15, 0.2) is 94.4 Å². The number of benzene rings is 2. The minimum atomic E-state index is -4.86. The highest BCUT2D eigenvalue weighted by atomic mass is 79.9. The van der Waals surface area contributed by atoms with Gasteiger partial charge in [0.05, 0.1) is 51.9 Å². The molecule has 6 rings (SSSR count). The average molecular weight is 942 g/mol. The number of rotatable bonds is 11. The van der Waals surface area contributed by atoms with E-state index in [2.05, 4.69) is 71.9 Å². The second-order valence-electron chi connectivity index (χ2n) is 11.6. The van der Waals surface area contributed by atoms with Gasteiger partial charge in [-0.05, 0) is 67.6 Å². The predicted molar refractivity (Wildman–Crippen MR) is 204 cm³/mol. The topological polar surface area (TPSA) is 168 Å². The fraction of sp³-hybridized carbons (Fsp3) is 0.167. The molecule has 0 fully saturated rings. The first-order valence-corrected chi connectivity index (χ1v) is 17.9. The van der Waals surface area contributed by atoms with E-state index in [0.717, 1.165) is 6.07 Å². The standard InChI is InChI=1S/C19H16BrF3N4O3.C17H12BrF3N4O3/c1-3-29-17(28)11-8-15(27(2)10-11)13-6-7-24-18(25-13)26-14-9-12(20)4-5-16(14)30-19(21,22)23;1-25-8-9(15(26)27)6-13(25)11-4-5-22-16(23-11)24-12-7-10(18)2-3-14(12)28-17(19,20)21/h4-10H,3H2,1-2H3,(H,24,25,26);2-8H,1H3,(H,26,27)(H,22,23,24). The van der Waals surface area contributed by atoms with E-state index in [4.69, 9.17) is 9.84 Å². The number of carboxylic acids is 1. The van der Waals surface area contributed by atoms with Gasteiger partial charge in [0.2, 0.25) is 11.9 Å². The van der Waals surface area contributed by atoms with E-state index in [9.17, 15) is 35.9 Å². The number of aromatic carboxylic acids is 1. The average Bonchev–Trinajstić information content (AvgIpc) is 3.73. The molecule has 0 bridgehead atoms. The summed E-state index contributed by atoms with van der Waals surface area (Å²) < 4.78 is 93.3. The summed E-state index contributed by atoms with van der Waals surface area (Å²) in [6.07, 6.45) is -3.82. The number of alkyl halides is 6. The summed E-state index contributed by atoms with van der Waals surface area (Å²) in [7, 11) is 3.39. The van der Waals surface area contributed by atoms with Crippen molar-refractivity contribution in [2.75, 3.05) is 17.2 Å². The zero-order valence-corrected chi connectivity index (χ0v) is 33.2. The van der Waals surface area contributed by atoms with Crippen LogP contribution >= 0.6 is 31.9 Å². The van der Waals surface area contributed by atoms with E-state index in [1.807, 2.05) is 0 Å². The number of hydrogen-bond donors (Lipinski definition) is 3. The molecule has 4 aromatic heterocycles. The van der Waals surface area contributed by atoms with Crippen molar-refractivity contribution in [3.05, 3.63) is 106 Å². The summed E-state index contributed by atoms with van der Waals surface area (Å²) in [6, 6.07) is 14.2. The number of halogens is 8. The van der Waals surface area contributed by atoms with Crippen LogP contribution in [0.5, 0.6) is 11.5 Å². The maximum Gasteiger partial charge on any atom is 0.573 e. The normalized spacial score (nSPS) is 11.3. The molecule has 14 nitrogen and oxygen atoms in total. The first-order chi connectivity index (χ1) is 27.3. The van der Waals surface area contributed by atoms with Gasteiger partial charge in [-0.25, -0.2) is 29.5 Å². The van der Waals surface area contributed by atoms with E-state index in [1.54, 1.807) is 54.5 Å². The Kier molecular flexibility index (Phi) is 13.3. The number of nitrogens with zero attached hydrogens (tertiary/aromatic N) is 6. The molecule has 3 N–H and O–H groups in total. The molecule has 4 heterocycles. The summed E-state index contributed by atoms with van der Waals surface area (Å²) in [5.74, 6) is -2.36. The molecule has 22 heteroatoms. The van der Waals surface area contributed by atoms with Crippen LogP contribution in [0.4, 0.5) is 49.6 Å². The van der Waals surface area contributed by atoms with Crippen molar-refractivity contribution >= 4 is 67.1 Å². The maximum atomic E-state index is 12.7. The van der Waals surface area contributed by atoms with E-state index in [-0.39, 0.29) is 35.4 Å². The molecule has 0 spiro atoms. The highest BCUT2D eigenvalue weighted by Crippen LogP contribution is 2.36. The number of aromatic nitrogens is 6. The monoisotopic (exact) mass is 940 g/mol. The number of nitrogens with one attached hydrogen (secondary N) is 2. The fourth-order valence-corrected chi connectivity index (χ4v) is 5.79. The first-order valence-electron chi connectivity index (χ1n) is 16.3. The third-order valence-corrected chi connectivity index (χ3v) is 8.42. The summed E-state index contributed by atoms with van der Waals surface area (Å²) in [5, 5.41) is 14.5. The van der Waals surface area contributed by atoms with Crippen LogP contribution in [0.1, 0.15) is 27.6 Å². The highest BCUT2D eigenvalue weighted by Gasteiger charge is 2.33. The Hall–Kier alpha value is -6.16. The van der Waals surface area contributed by atoms with Crippen LogP contribution in [-0.4, -0.2) is 65.4 Å². The number of esters is 1. The fourth-order valence-electron chi connectivity index (χ4n) is 5.07. The number of carboxylic acid groups (broad SMARTS) is 1. The predicted octanol–water partition coefficient (Wildman–Crippen LogP) is 9.65. The van der Waals surface area contributed by atoms with Gasteiger partial charge in [-0.2, -0.15) is 0 Å². The molecule has 58 heavy (non-hydrogen) atoms. The molecule has 0 saturated heterocycles. The second kappa shape index (κ2) is 18.0. The van der Waals surface area contributed by atoms with Gasteiger partial charge in [-0.3, -0.25) is 0 Å². The van der Waals surface area contributed by atoms with Gasteiger partial charge in [0.1, 0.15) is 0 Å². The maximum absolute atomic E-state index is 12.7. The lowest BCUT2D eigenvalue weighted by Gasteiger charge is -2.14. The van der Waals surface area contributed by atoms with Crippen molar-refractivity contribution in [2.24, 2.45) is 14.1 Å². The number of carbonyl (C=O) groups excluding carboxylic acids is 1. The number of aryl methyl sites for hydroxylation is 2. The molecule has 0 atom stereocenters. The van der Waals surface area contributed by atoms with Crippen molar-refractivity contribution in [3.8, 4) is 34.3 Å². The van der Waals surface area contributed by atoms with Gasteiger partial charge in [-0.1, -0.05) is 31.9 Å².